The van der Waals surface area contributed by atoms with E-state index >= 15 is 0 Å². The van der Waals surface area contributed by atoms with Crippen LogP contribution in [0.1, 0.15) is 90.4 Å². The molecule has 19 heavy (non-hydrogen) atoms. The van der Waals surface area contributed by atoms with Gasteiger partial charge in [0.25, 0.3) is 0 Å². The highest BCUT2D eigenvalue weighted by Gasteiger charge is 1.95. The molecule has 0 aromatic carbocycles. The molecule has 0 saturated carbocycles. The molecule has 0 atom stereocenters. The quantitative estimate of drug-likeness (QED) is 0.225. The predicted octanol–water partition coefficient (Wildman–Crippen LogP) is 7.40. The second-order valence-electron chi connectivity index (χ2n) is 6.05. The van der Waals surface area contributed by atoms with E-state index < -0.39 is 0 Å². The molecule has 0 fully saturated rings. The highest BCUT2D eigenvalue weighted by atomic mass is 79.9. The zero-order valence-electron chi connectivity index (χ0n) is 13.8. The molecule has 2 heteroatoms. The summed E-state index contributed by atoms with van der Waals surface area (Å²) in [5.41, 5.74) is 0. The van der Waals surface area contributed by atoms with Crippen LogP contribution >= 0.6 is 24.9 Å². The molecule has 0 radical (unpaired) electrons. The summed E-state index contributed by atoms with van der Waals surface area (Å²) in [6.07, 6.45) is 20.6. The van der Waals surface area contributed by atoms with Crippen LogP contribution in [0.5, 0.6) is 0 Å². The molecule has 0 nitrogen and oxygen atoms in total. The van der Waals surface area contributed by atoms with Crippen LogP contribution in [0.3, 0.4) is 0 Å². The fourth-order valence-corrected chi connectivity index (χ4v) is 3.30. The van der Waals surface area contributed by atoms with E-state index in [1.807, 2.05) is 0 Å². The Morgan fingerprint density at radius 2 is 0.842 bits per heavy atom. The monoisotopic (exact) mass is 352 g/mol. The van der Waals surface area contributed by atoms with E-state index in [9.17, 15) is 0 Å². The van der Waals surface area contributed by atoms with Gasteiger partial charge in [-0.1, -0.05) is 84.0 Å². The lowest BCUT2D eigenvalue weighted by Gasteiger charge is -2.05. The molecule has 0 spiro atoms. The molecule has 0 aliphatic carbocycles. The lowest BCUT2D eigenvalue weighted by Crippen LogP contribution is -1.85. The Morgan fingerprint density at radius 1 is 0.526 bits per heavy atom. The molecule has 0 heterocycles. The molecule has 0 N–H and O–H groups in total. The minimum atomic E-state index is 0. The highest BCUT2D eigenvalue weighted by Crippen LogP contribution is 2.26. The minimum Gasteiger partial charge on any atom is -0.114 e. The average molecular weight is 353 g/mol. The number of halogens is 1. The smallest absolute Gasteiger partial charge is 0.0331 e. The molecular formula is C17H38BrP. The molecule has 0 aliphatic rings. The Kier molecular flexibility index (Phi) is 22.1. The molecule has 118 valence electrons. The lowest BCUT2D eigenvalue weighted by molar-refractivity contribution is 0.543. The maximum atomic E-state index is 2.40. The third-order valence-electron chi connectivity index (χ3n) is 3.71. The van der Waals surface area contributed by atoms with Gasteiger partial charge in [-0.15, -0.1) is 24.9 Å². The number of hydrogen-bond donors (Lipinski definition) is 0. The van der Waals surface area contributed by atoms with Crippen molar-refractivity contribution < 1.29 is 0 Å². The summed E-state index contributed by atoms with van der Waals surface area (Å²) in [4.78, 5) is 0. The van der Waals surface area contributed by atoms with Gasteiger partial charge in [0.2, 0.25) is 0 Å². The Bertz CT molecular complexity index is 148. The van der Waals surface area contributed by atoms with Gasteiger partial charge in [-0.3, -0.25) is 0 Å². The third-order valence-corrected chi connectivity index (χ3v) is 4.92. The van der Waals surface area contributed by atoms with Gasteiger partial charge in [-0.2, -0.15) is 0 Å². The summed E-state index contributed by atoms with van der Waals surface area (Å²) in [7, 11) is 0.360. The molecule has 0 aliphatic heterocycles. The fraction of sp³-hybridized carbons (Fsp3) is 1.00. The van der Waals surface area contributed by atoms with Gasteiger partial charge in [0.15, 0.2) is 0 Å². The molecule has 0 bridgehead atoms. The van der Waals surface area contributed by atoms with Gasteiger partial charge >= 0.3 is 0 Å². The van der Waals surface area contributed by atoms with E-state index in [1.54, 1.807) is 0 Å². The SMILES string of the molecule is Br.CCCCCCCCCCCCCCCP(C)C. The zero-order chi connectivity index (χ0) is 13.5. The summed E-state index contributed by atoms with van der Waals surface area (Å²) >= 11 is 0. The molecular weight excluding hydrogens is 315 g/mol. The van der Waals surface area contributed by atoms with Crippen LogP contribution in [-0.2, 0) is 0 Å². The second kappa shape index (κ2) is 18.9. The van der Waals surface area contributed by atoms with Crippen LogP contribution in [0.15, 0.2) is 0 Å². The molecule has 0 saturated heterocycles. The van der Waals surface area contributed by atoms with Crippen LogP contribution in [0.4, 0.5) is 0 Å². The lowest BCUT2D eigenvalue weighted by atomic mass is 10.1. The van der Waals surface area contributed by atoms with Crippen molar-refractivity contribution in [2.45, 2.75) is 90.4 Å². The Hall–Kier alpha value is 0.910. The first-order valence-electron chi connectivity index (χ1n) is 8.42. The molecule has 0 aromatic heterocycles. The van der Waals surface area contributed by atoms with Crippen molar-refractivity contribution in [3.05, 3.63) is 0 Å². The number of rotatable bonds is 14. The van der Waals surface area contributed by atoms with Crippen molar-refractivity contribution >= 4 is 24.9 Å². The first-order chi connectivity index (χ1) is 8.77. The van der Waals surface area contributed by atoms with Crippen molar-refractivity contribution in [1.82, 2.24) is 0 Å². The van der Waals surface area contributed by atoms with Gasteiger partial charge in [-0.05, 0) is 25.9 Å². The largest absolute Gasteiger partial charge is 0.114 e. The summed E-state index contributed by atoms with van der Waals surface area (Å²) in [5, 5.41) is 0. The Morgan fingerprint density at radius 3 is 1.16 bits per heavy atom. The maximum absolute atomic E-state index is 2.40. The summed E-state index contributed by atoms with van der Waals surface area (Å²) in [5.74, 6) is 0. The van der Waals surface area contributed by atoms with E-state index in [1.165, 1.54) is 89.6 Å². The molecule has 0 unspecified atom stereocenters. The van der Waals surface area contributed by atoms with Crippen LogP contribution in [0.2, 0.25) is 0 Å². The van der Waals surface area contributed by atoms with E-state index in [-0.39, 0.29) is 17.0 Å². The minimum absolute atomic E-state index is 0. The molecule has 0 rings (SSSR count). The van der Waals surface area contributed by atoms with Crippen LogP contribution in [0.25, 0.3) is 0 Å². The van der Waals surface area contributed by atoms with Crippen LogP contribution < -0.4 is 0 Å². The van der Waals surface area contributed by atoms with E-state index in [0.29, 0.717) is 7.92 Å². The van der Waals surface area contributed by atoms with Gasteiger partial charge in [0.05, 0.1) is 0 Å². The number of unbranched alkanes of at least 4 members (excludes halogenated alkanes) is 12. The maximum Gasteiger partial charge on any atom is -0.0331 e. The van der Waals surface area contributed by atoms with Gasteiger partial charge < -0.3 is 0 Å². The zero-order valence-corrected chi connectivity index (χ0v) is 16.4. The second-order valence-corrected chi connectivity index (χ2v) is 8.65. The predicted molar refractivity (Wildman–Crippen MR) is 99.7 cm³/mol. The fourth-order valence-electron chi connectivity index (χ4n) is 2.45. The number of hydrogen-bond acceptors (Lipinski definition) is 0. The van der Waals surface area contributed by atoms with E-state index in [2.05, 4.69) is 20.3 Å². The summed E-state index contributed by atoms with van der Waals surface area (Å²) in [6, 6.07) is 0. The van der Waals surface area contributed by atoms with Crippen molar-refractivity contribution in [1.29, 1.82) is 0 Å². The molecule has 0 amide bonds. The van der Waals surface area contributed by atoms with Crippen molar-refractivity contribution in [2.75, 3.05) is 19.5 Å². The summed E-state index contributed by atoms with van der Waals surface area (Å²) in [6.45, 7) is 7.09. The van der Waals surface area contributed by atoms with E-state index in [4.69, 9.17) is 0 Å². The third kappa shape index (κ3) is 21.4. The van der Waals surface area contributed by atoms with Crippen molar-refractivity contribution in [2.24, 2.45) is 0 Å². The molecule has 0 aromatic rings. The Balaban J connectivity index is 0. The van der Waals surface area contributed by atoms with Crippen molar-refractivity contribution in [3.63, 3.8) is 0 Å². The average Bonchev–Trinajstić information content (AvgIpc) is 2.34. The summed E-state index contributed by atoms with van der Waals surface area (Å²) < 4.78 is 0. The van der Waals surface area contributed by atoms with Crippen molar-refractivity contribution in [3.8, 4) is 0 Å². The van der Waals surface area contributed by atoms with E-state index in [0.717, 1.165) is 0 Å². The van der Waals surface area contributed by atoms with Gasteiger partial charge in [0.1, 0.15) is 0 Å². The standard InChI is InChI=1S/C17H37P.BrH/c1-4-5-6-7-8-9-10-11-12-13-14-15-16-17-18(2)3;/h4-17H2,1-3H3;1H. The normalized spacial score (nSPS) is 10.7. The highest BCUT2D eigenvalue weighted by molar-refractivity contribution is 8.93. The van der Waals surface area contributed by atoms with Crippen LogP contribution in [-0.4, -0.2) is 19.5 Å². The Labute approximate surface area is 135 Å². The first kappa shape index (κ1) is 22.2. The van der Waals surface area contributed by atoms with Gasteiger partial charge in [0, 0.05) is 0 Å². The first-order valence-corrected chi connectivity index (χ1v) is 10.8. The topological polar surface area (TPSA) is 0 Å². The van der Waals surface area contributed by atoms with Gasteiger partial charge in [-0.25, -0.2) is 0 Å². The van der Waals surface area contributed by atoms with Crippen LogP contribution in [0, 0.1) is 0 Å².